The molecule has 6 heteroatoms. The maximum atomic E-state index is 12.4. The first-order chi connectivity index (χ1) is 12.7. The molecule has 0 bridgehead atoms. The molecule has 0 radical (unpaired) electrons. The summed E-state index contributed by atoms with van der Waals surface area (Å²) in [7, 11) is 1.58. The molecule has 130 valence electrons. The summed E-state index contributed by atoms with van der Waals surface area (Å²) in [6, 6.07) is 18.3. The van der Waals surface area contributed by atoms with Gasteiger partial charge in [-0.15, -0.1) is 0 Å². The standard InChI is InChI=1S/C20H18N4O2/c1-26-19-10-6-5-9-17(19)24-14-12-18(25)20(23-24)16(11-13-21)22-15-7-3-2-4-8-15/h2-14,21-22H,1H3/b16-11-,21-13?. The van der Waals surface area contributed by atoms with Crippen LogP contribution in [0.4, 0.5) is 5.69 Å². The Morgan fingerprint density at radius 2 is 1.85 bits per heavy atom. The molecule has 0 aliphatic heterocycles. The lowest BCUT2D eigenvalue weighted by molar-refractivity contribution is 0.411. The van der Waals surface area contributed by atoms with E-state index in [1.165, 1.54) is 12.1 Å². The van der Waals surface area contributed by atoms with Crippen molar-refractivity contribution in [1.29, 1.82) is 5.41 Å². The Kier molecular flexibility index (Phi) is 5.24. The molecule has 1 heterocycles. The van der Waals surface area contributed by atoms with Crippen LogP contribution in [-0.4, -0.2) is 23.1 Å². The minimum absolute atomic E-state index is 0.214. The summed E-state index contributed by atoms with van der Waals surface area (Å²) in [6.45, 7) is 0. The first-order valence-corrected chi connectivity index (χ1v) is 7.99. The van der Waals surface area contributed by atoms with E-state index in [0.717, 1.165) is 11.9 Å². The van der Waals surface area contributed by atoms with Crippen molar-refractivity contribution >= 4 is 17.6 Å². The fourth-order valence-corrected chi connectivity index (χ4v) is 2.49. The van der Waals surface area contributed by atoms with Gasteiger partial charge in [0.05, 0.1) is 12.8 Å². The zero-order chi connectivity index (χ0) is 18.4. The van der Waals surface area contributed by atoms with Gasteiger partial charge in [0.25, 0.3) is 0 Å². The number of hydrogen-bond acceptors (Lipinski definition) is 5. The van der Waals surface area contributed by atoms with E-state index in [1.54, 1.807) is 18.0 Å². The number of nitrogens with zero attached hydrogens (tertiary/aromatic N) is 2. The molecule has 0 saturated carbocycles. The molecular weight excluding hydrogens is 328 g/mol. The van der Waals surface area contributed by atoms with Crippen LogP contribution in [0.2, 0.25) is 0 Å². The van der Waals surface area contributed by atoms with E-state index in [9.17, 15) is 4.79 Å². The Bertz CT molecular complexity index is 994. The van der Waals surface area contributed by atoms with Gasteiger partial charge in [0.15, 0.2) is 5.69 Å². The van der Waals surface area contributed by atoms with E-state index in [4.69, 9.17) is 10.1 Å². The third-order valence-corrected chi connectivity index (χ3v) is 3.70. The van der Waals surface area contributed by atoms with Crippen molar-refractivity contribution < 1.29 is 4.74 Å². The molecule has 1 aromatic heterocycles. The molecule has 0 amide bonds. The van der Waals surface area contributed by atoms with Gasteiger partial charge < -0.3 is 15.5 Å². The van der Waals surface area contributed by atoms with E-state index in [-0.39, 0.29) is 11.1 Å². The monoisotopic (exact) mass is 346 g/mol. The second kappa shape index (κ2) is 7.94. The number of para-hydroxylation sites is 3. The average molecular weight is 346 g/mol. The molecule has 2 aromatic carbocycles. The second-order valence-corrected chi connectivity index (χ2v) is 5.38. The lowest BCUT2D eigenvalue weighted by Crippen LogP contribution is -2.18. The summed E-state index contributed by atoms with van der Waals surface area (Å²) in [6.07, 6.45) is 4.21. The van der Waals surface area contributed by atoms with Crippen LogP contribution < -0.4 is 15.5 Å². The molecule has 0 aliphatic carbocycles. The first-order valence-electron chi connectivity index (χ1n) is 7.99. The van der Waals surface area contributed by atoms with Gasteiger partial charge in [-0.05, 0) is 30.3 Å². The molecular formula is C20H18N4O2. The van der Waals surface area contributed by atoms with Gasteiger partial charge in [-0.1, -0.05) is 30.3 Å². The average Bonchev–Trinajstić information content (AvgIpc) is 2.69. The summed E-state index contributed by atoms with van der Waals surface area (Å²) in [5.41, 5.74) is 1.93. The predicted molar refractivity (Wildman–Crippen MR) is 103 cm³/mol. The van der Waals surface area contributed by atoms with Gasteiger partial charge in [0, 0.05) is 24.2 Å². The predicted octanol–water partition coefficient (Wildman–Crippen LogP) is 3.34. The molecule has 0 atom stereocenters. The number of allylic oxidation sites excluding steroid dienone is 1. The molecule has 0 unspecified atom stereocenters. The van der Waals surface area contributed by atoms with E-state index < -0.39 is 0 Å². The molecule has 0 spiro atoms. The molecule has 26 heavy (non-hydrogen) atoms. The van der Waals surface area contributed by atoms with Crippen molar-refractivity contribution in [3.63, 3.8) is 0 Å². The lowest BCUT2D eigenvalue weighted by atomic mass is 10.2. The topological polar surface area (TPSA) is 80.0 Å². The molecule has 0 saturated heterocycles. The highest BCUT2D eigenvalue weighted by Gasteiger charge is 2.12. The van der Waals surface area contributed by atoms with Crippen molar-refractivity contribution in [2.24, 2.45) is 0 Å². The fraction of sp³-hybridized carbons (Fsp3) is 0.0500. The van der Waals surface area contributed by atoms with Crippen LogP contribution in [0.15, 0.2) is 77.7 Å². The number of aromatic nitrogens is 2. The van der Waals surface area contributed by atoms with Crippen LogP contribution in [0.25, 0.3) is 11.4 Å². The Morgan fingerprint density at radius 1 is 1.12 bits per heavy atom. The minimum Gasteiger partial charge on any atom is -0.494 e. The van der Waals surface area contributed by atoms with Crippen molar-refractivity contribution in [1.82, 2.24) is 9.78 Å². The zero-order valence-corrected chi connectivity index (χ0v) is 14.2. The van der Waals surface area contributed by atoms with E-state index in [0.29, 0.717) is 17.1 Å². The highest BCUT2D eigenvalue weighted by atomic mass is 16.5. The number of nitrogens with one attached hydrogen (secondary N) is 2. The summed E-state index contributed by atoms with van der Waals surface area (Å²) < 4.78 is 6.95. The highest BCUT2D eigenvalue weighted by Crippen LogP contribution is 2.21. The summed E-state index contributed by atoms with van der Waals surface area (Å²) in [4.78, 5) is 12.4. The van der Waals surface area contributed by atoms with Crippen LogP contribution in [0.1, 0.15) is 5.69 Å². The molecule has 0 fully saturated rings. The quantitative estimate of drug-likeness (QED) is 0.671. The Hall–Kier alpha value is -3.67. The summed E-state index contributed by atoms with van der Waals surface area (Å²) >= 11 is 0. The van der Waals surface area contributed by atoms with Gasteiger partial charge >= 0.3 is 0 Å². The molecule has 3 aromatic rings. The third kappa shape index (κ3) is 3.70. The highest BCUT2D eigenvalue weighted by molar-refractivity contribution is 5.86. The number of ether oxygens (including phenoxy) is 1. The van der Waals surface area contributed by atoms with Crippen molar-refractivity contribution in [3.8, 4) is 11.4 Å². The van der Waals surface area contributed by atoms with E-state index >= 15 is 0 Å². The number of benzene rings is 2. The summed E-state index contributed by atoms with van der Waals surface area (Å²) in [5, 5.41) is 15.0. The van der Waals surface area contributed by atoms with Crippen LogP contribution in [-0.2, 0) is 0 Å². The Labute approximate surface area is 150 Å². The first kappa shape index (κ1) is 17.2. The smallest absolute Gasteiger partial charge is 0.209 e. The van der Waals surface area contributed by atoms with E-state index in [2.05, 4.69) is 10.4 Å². The van der Waals surface area contributed by atoms with Gasteiger partial charge in [0.1, 0.15) is 11.4 Å². The molecule has 0 aliphatic rings. The second-order valence-electron chi connectivity index (χ2n) is 5.38. The van der Waals surface area contributed by atoms with Crippen molar-refractivity contribution in [2.45, 2.75) is 0 Å². The van der Waals surface area contributed by atoms with E-state index in [1.807, 2.05) is 54.6 Å². The number of methoxy groups -OCH3 is 1. The van der Waals surface area contributed by atoms with Crippen LogP contribution in [0, 0.1) is 5.41 Å². The largest absolute Gasteiger partial charge is 0.494 e. The third-order valence-electron chi connectivity index (χ3n) is 3.70. The van der Waals surface area contributed by atoms with Crippen molar-refractivity contribution in [2.75, 3.05) is 12.4 Å². The maximum absolute atomic E-state index is 12.4. The normalized spacial score (nSPS) is 11.0. The van der Waals surface area contributed by atoms with Gasteiger partial charge in [-0.25, -0.2) is 4.68 Å². The Morgan fingerprint density at radius 3 is 2.58 bits per heavy atom. The molecule has 6 nitrogen and oxygen atoms in total. The lowest BCUT2D eigenvalue weighted by Gasteiger charge is -2.13. The van der Waals surface area contributed by atoms with Gasteiger partial charge in [-0.2, -0.15) is 5.10 Å². The molecule has 2 N–H and O–H groups in total. The molecule has 3 rings (SSSR count). The van der Waals surface area contributed by atoms with Gasteiger partial charge in [0.2, 0.25) is 5.43 Å². The minimum atomic E-state index is -0.243. The fourth-order valence-electron chi connectivity index (χ4n) is 2.49. The summed E-state index contributed by atoms with van der Waals surface area (Å²) in [5.74, 6) is 0.642. The van der Waals surface area contributed by atoms with Crippen LogP contribution in [0.3, 0.4) is 0 Å². The zero-order valence-electron chi connectivity index (χ0n) is 14.2. The maximum Gasteiger partial charge on any atom is 0.209 e. The number of rotatable bonds is 6. The van der Waals surface area contributed by atoms with Crippen LogP contribution in [0.5, 0.6) is 5.75 Å². The number of hydrogen-bond donors (Lipinski definition) is 2. The van der Waals surface area contributed by atoms with Gasteiger partial charge in [-0.3, -0.25) is 4.79 Å². The Balaban J connectivity index is 2.07. The number of anilines is 1. The van der Waals surface area contributed by atoms with Crippen LogP contribution >= 0.6 is 0 Å². The SMILES string of the molecule is COc1ccccc1-n1ccc(=O)c(/C(=C/C=N)Nc2ccccc2)n1. The van der Waals surface area contributed by atoms with Crippen molar-refractivity contribution in [3.05, 3.63) is 88.9 Å².